The first-order valence-corrected chi connectivity index (χ1v) is 6.73. The van der Waals surface area contributed by atoms with Gasteiger partial charge >= 0.3 is 6.18 Å². The molecular weight excluding hydrogens is 355 g/mol. The lowest BCUT2D eigenvalue weighted by Crippen LogP contribution is -2.04. The Bertz CT molecular complexity index is 665. The van der Waals surface area contributed by atoms with Crippen LogP contribution in [0.2, 0.25) is 20.1 Å². The van der Waals surface area contributed by atoms with Crippen molar-refractivity contribution in [2.75, 3.05) is 0 Å². The Balaban J connectivity index is 2.58. The van der Waals surface area contributed by atoms with Crippen LogP contribution in [0.25, 0.3) is 11.1 Å². The van der Waals surface area contributed by atoms with E-state index in [1.54, 1.807) is 6.07 Å². The molecule has 2 aromatic carbocycles. The number of hydrogen-bond acceptors (Lipinski definition) is 0. The quantitative estimate of drug-likeness (QED) is 0.481. The van der Waals surface area contributed by atoms with E-state index in [-0.39, 0.29) is 20.1 Å². The maximum absolute atomic E-state index is 12.6. The molecule has 0 nitrogen and oxygen atoms in total. The van der Waals surface area contributed by atoms with E-state index in [1.807, 2.05) is 0 Å². The van der Waals surface area contributed by atoms with Gasteiger partial charge in [-0.2, -0.15) is 13.2 Å². The van der Waals surface area contributed by atoms with Crippen LogP contribution in [-0.4, -0.2) is 0 Å². The van der Waals surface area contributed by atoms with Crippen molar-refractivity contribution in [1.29, 1.82) is 0 Å². The van der Waals surface area contributed by atoms with Crippen molar-refractivity contribution in [3.05, 3.63) is 56.0 Å². The lowest BCUT2D eigenvalue weighted by Gasteiger charge is -2.12. The van der Waals surface area contributed by atoms with Gasteiger partial charge in [0.2, 0.25) is 0 Å². The van der Waals surface area contributed by atoms with Crippen LogP contribution in [0, 0.1) is 0 Å². The molecule has 0 spiro atoms. The summed E-state index contributed by atoms with van der Waals surface area (Å²) < 4.78 is 37.7. The van der Waals surface area contributed by atoms with Crippen LogP contribution in [0.5, 0.6) is 0 Å². The first kappa shape index (κ1) is 15.8. The minimum atomic E-state index is -4.45. The van der Waals surface area contributed by atoms with Crippen LogP contribution < -0.4 is 0 Å². The number of alkyl halides is 3. The van der Waals surface area contributed by atoms with Gasteiger partial charge in [0.15, 0.2) is 0 Å². The molecule has 0 aliphatic rings. The summed E-state index contributed by atoms with van der Waals surface area (Å²) in [6, 6.07) is 6.07. The number of benzene rings is 2. The molecule has 2 aromatic rings. The van der Waals surface area contributed by atoms with E-state index in [9.17, 15) is 13.2 Å². The van der Waals surface area contributed by atoms with Gasteiger partial charge in [0, 0.05) is 16.1 Å². The summed E-state index contributed by atoms with van der Waals surface area (Å²) in [5, 5.41) is 0.450. The third-order valence-electron chi connectivity index (χ3n) is 2.62. The fraction of sp³-hybridized carbons (Fsp3) is 0.0769. The van der Waals surface area contributed by atoms with E-state index in [4.69, 9.17) is 46.4 Å². The Morgan fingerprint density at radius 3 is 1.85 bits per heavy atom. The van der Waals surface area contributed by atoms with Gasteiger partial charge in [-0.1, -0.05) is 58.5 Å². The Hall–Kier alpha value is -0.610. The van der Waals surface area contributed by atoms with Gasteiger partial charge < -0.3 is 0 Å². The van der Waals surface area contributed by atoms with Gasteiger partial charge in [-0.05, 0) is 18.2 Å². The van der Waals surface area contributed by atoms with Crippen molar-refractivity contribution < 1.29 is 13.2 Å². The summed E-state index contributed by atoms with van der Waals surface area (Å²) in [5.41, 5.74) is -0.0644. The summed E-state index contributed by atoms with van der Waals surface area (Å²) >= 11 is 23.6. The van der Waals surface area contributed by atoms with Crippen molar-refractivity contribution in [3.63, 3.8) is 0 Å². The first-order valence-electron chi connectivity index (χ1n) is 5.22. The highest BCUT2D eigenvalue weighted by atomic mass is 35.5. The van der Waals surface area contributed by atoms with E-state index in [0.29, 0.717) is 11.1 Å². The molecule has 0 unspecified atom stereocenters. The topological polar surface area (TPSA) is 0 Å². The molecule has 0 radical (unpaired) electrons. The molecule has 2 rings (SSSR count). The molecule has 106 valence electrons. The van der Waals surface area contributed by atoms with Gasteiger partial charge in [-0.25, -0.2) is 0 Å². The van der Waals surface area contributed by atoms with E-state index in [2.05, 4.69) is 0 Å². The third kappa shape index (κ3) is 3.01. The number of halogens is 7. The second-order valence-electron chi connectivity index (χ2n) is 3.92. The van der Waals surface area contributed by atoms with E-state index in [1.165, 1.54) is 12.1 Å². The molecule has 0 heterocycles. The molecule has 0 N–H and O–H groups in total. The molecular formula is C13H5Cl4F3. The van der Waals surface area contributed by atoms with E-state index in [0.717, 1.165) is 12.1 Å². The largest absolute Gasteiger partial charge is 0.416 e. The first-order chi connectivity index (χ1) is 9.21. The van der Waals surface area contributed by atoms with E-state index >= 15 is 0 Å². The summed E-state index contributed by atoms with van der Waals surface area (Å²) in [4.78, 5) is 0. The molecule has 0 saturated heterocycles. The van der Waals surface area contributed by atoms with Crippen molar-refractivity contribution in [1.82, 2.24) is 0 Å². The van der Waals surface area contributed by atoms with Crippen LogP contribution in [0.15, 0.2) is 30.3 Å². The van der Waals surface area contributed by atoms with Crippen LogP contribution in [-0.2, 0) is 6.18 Å². The van der Waals surface area contributed by atoms with Crippen molar-refractivity contribution in [2.24, 2.45) is 0 Å². The monoisotopic (exact) mass is 358 g/mol. The number of hydrogen-bond donors (Lipinski definition) is 0. The molecule has 7 heteroatoms. The van der Waals surface area contributed by atoms with Crippen LogP contribution in [0.1, 0.15) is 5.56 Å². The number of rotatable bonds is 1. The Labute approximate surface area is 133 Å². The zero-order chi connectivity index (χ0) is 15.1. The molecule has 0 fully saturated rings. The highest BCUT2D eigenvalue weighted by Gasteiger charge is 2.31. The molecule has 0 bridgehead atoms. The predicted molar refractivity (Wildman–Crippen MR) is 76.9 cm³/mol. The summed E-state index contributed by atoms with van der Waals surface area (Å²) in [7, 11) is 0. The predicted octanol–water partition coefficient (Wildman–Crippen LogP) is 6.99. The van der Waals surface area contributed by atoms with Gasteiger partial charge in [0.25, 0.3) is 0 Å². The average molecular weight is 360 g/mol. The minimum absolute atomic E-state index is 0.0693. The highest BCUT2D eigenvalue weighted by Crippen LogP contribution is 2.42. The summed E-state index contributed by atoms with van der Waals surface area (Å²) in [5.74, 6) is 0. The molecule has 0 saturated carbocycles. The summed E-state index contributed by atoms with van der Waals surface area (Å²) in [6.07, 6.45) is -4.45. The fourth-order valence-electron chi connectivity index (χ4n) is 1.64. The third-order valence-corrected chi connectivity index (χ3v) is 4.23. The zero-order valence-electron chi connectivity index (χ0n) is 9.53. The Morgan fingerprint density at radius 2 is 1.30 bits per heavy atom. The van der Waals surface area contributed by atoms with E-state index < -0.39 is 11.7 Å². The maximum atomic E-state index is 12.6. The molecule has 0 aromatic heterocycles. The molecule has 0 aliphatic carbocycles. The zero-order valence-corrected chi connectivity index (χ0v) is 12.6. The normalized spacial score (nSPS) is 11.8. The van der Waals surface area contributed by atoms with Crippen molar-refractivity contribution in [2.45, 2.75) is 6.18 Å². The average Bonchev–Trinajstić information content (AvgIpc) is 2.36. The van der Waals surface area contributed by atoms with Gasteiger partial charge in [0.05, 0.1) is 20.6 Å². The molecule has 20 heavy (non-hydrogen) atoms. The second kappa shape index (κ2) is 5.64. The highest BCUT2D eigenvalue weighted by molar-refractivity contribution is 6.49. The maximum Gasteiger partial charge on any atom is 0.416 e. The summed E-state index contributed by atoms with van der Waals surface area (Å²) in [6.45, 7) is 0. The van der Waals surface area contributed by atoms with Crippen molar-refractivity contribution >= 4 is 46.4 Å². The molecule has 0 atom stereocenters. The Kier molecular flexibility index (Phi) is 4.45. The second-order valence-corrected chi connectivity index (χ2v) is 5.49. The Morgan fingerprint density at radius 1 is 0.700 bits per heavy atom. The van der Waals surface area contributed by atoms with Gasteiger partial charge in [0.1, 0.15) is 0 Å². The lowest BCUT2D eigenvalue weighted by molar-refractivity contribution is -0.137. The van der Waals surface area contributed by atoms with Gasteiger partial charge in [-0.3, -0.25) is 0 Å². The minimum Gasteiger partial charge on any atom is -0.166 e. The standard InChI is InChI=1S/C13H5Cl4F3/c14-9-4-3-8(11(16)12(9)17)7-2-1-6(5-10(7)15)13(18,19)20/h1-5H. The molecule has 0 amide bonds. The fourth-order valence-corrected chi connectivity index (χ4v) is 2.56. The molecule has 0 aliphatic heterocycles. The van der Waals surface area contributed by atoms with Crippen LogP contribution in [0.3, 0.4) is 0 Å². The van der Waals surface area contributed by atoms with Crippen molar-refractivity contribution in [3.8, 4) is 11.1 Å². The SMILES string of the molecule is FC(F)(F)c1ccc(-c2ccc(Cl)c(Cl)c2Cl)c(Cl)c1. The van der Waals surface area contributed by atoms with Crippen LogP contribution in [0.4, 0.5) is 13.2 Å². The smallest absolute Gasteiger partial charge is 0.166 e. The lowest BCUT2D eigenvalue weighted by atomic mass is 10.0. The van der Waals surface area contributed by atoms with Crippen LogP contribution >= 0.6 is 46.4 Å². The van der Waals surface area contributed by atoms with Gasteiger partial charge in [-0.15, -0.1) is 0 Å².